The van der Waals surface area contributed by atoms with Crippen LogP contribution in [0.4, 0.5) is 32.4 Å². The highest BCUT2D eigenvalue weighted by molar-refractivity contribution is 5.95. The summed E-state index contributed by atoms with van der Waals surface area (Å²) in [6.07, 6.45) is -2.34. The molecular formula is C21H23F5N4O4. The normalized spacial score (nSPS) is 20.4. The van der Waals surface area contributed by atoms with Crippen molar-refractivity contribution < 1.29 is 41.0 Å². The molecule has 186 valence electrons. The van der Waals surface area contributed by atoms with Crippen LogP contribution in [0.25, 0.3) is 0 Å². The standard InChI is InChI=1S/C21H23F5N4O4/c1-4-16(31)28-8-12-5-13-11(7-27-12)9-29(20(32)30(13)10-21(24,25)26)19-17(22)14(33-2)6-15(34-3)18(19)23/h4-6,11-12,27H,1,7-10H2,2-3H3,(H,28,31). The Balaban J connectivity index is 2.03. The molecule has 1 fully saturated rings. The number of carbonyl (C=O) groups is 2. The Morgan fingerprint density at radius 1 is 1.26 bits per heavy atom. The molecule has 0 aliphatic carbocycles. The van der Waals surface area contributed by atoms with Crippen LogP contribution in [0, 0.1) is 17.6 Å². The minimum absolute atomic E-state index is 0.0369. The monoisotopic (exact) mass is 490 g/mol. The van der Waals surface area contributed by atoms with E-state index in [4.69, 9.17) is 9.47 Å². The molecule has 2 N–H and O–H groups in total. The highest BCUT2D eigenvalue weighted by atomic mass is 19.4. The van der Waals surface area contributed by atoms with Crippen molar-refractivity contribution >= 4 is 17.6 Å². The zero-order valence-electron chi connectivity index (χ0n) is 18.3. The second-order valence-electron chi connectivity index (χ2n) is 7.60. The Labute approximate surface area is 192 Å². The molecule has 34 heavy (non-hydrogen) atoms. The second kappa shape index (κ2) is 9.87. The summed E-state index contributed by atoms with van der Waals surface area (Å²) < 4.78 is 80.0. The van der Waals surface area contributed by atoms with Crippen molar-refractivity contribution in [3.63, 3.8) is 0 Å². The van der Waals surface area contributed by atoms with Gasteiger partial charge in [0.1, 0.15) is 12.2 Å². The molecule has 2 aliphatic heterocycles. The van der Waals surface area contributed by atoms with Crippen LogP contribution < -0.4 is 25.0 Å². The van der Waals surface area contributed by atoms with Crippen LogP contribution in [-0.4, -0.2) is 69.5 Å². The number of benzene rings is 1. The maximum absolute atomic E-state index is 15.0. The fourth-order valence-electron chi connectivity index (χ4n) is 3.87. The summed E-state index contributed by atoms with van der Waals surface area (Å²) in [4.78, 5) is 25.7. The highest BCUT2D eigenvalue weighted by Gasteiger charge is 2.45. The van der Waals surface area contributed by atoms with Crippen LogP contribution in [0.15, 0.2) is 30.5 Å². The number of methoxy groups -OCH3 is 2. The predicted molar refractivity (Wildman–Crippen MR) is 112 cm³/mol. The first-order valence-corrected chi connectivity index (χ1v) is 10.1. The number of hydrogen-bond acceptors (Lipinski definition) is 5. The lowest BCUT2D eigenvalue weighted by Crippen LogP contribution is -2.59. The molecule has 2 heterocycles. The summed E-state index contributed by atoms with van der Waals surface area (Å²) in [6, 6.07) is -0.898. The second-order valence-corrected chi connectivity index (χ2v) is 7.60. The van der Waals surface area contributed by atoms with Crippen LogP contribution >= 0.6 is 0 Å². The van der Waals surface area contributed by atoms with Crippen molar-refractivity contribution in [2.75, 3.05) is 45.3 Å². The molecule has 1 aromatic carbocycles. The highest BCUT2D eigenvalue weighted by Crippen LogP contribution is 2.41. The number of anilines is 1. The Kier molecular flexibility index (Phi) is 7.34. The largest absolute Gasteiger partial charge is 0.493 e. The number of nitrogens with one attached hydrogen (secondary N) is 2. The van der Waals surface area contributed by atoms with E-state index in [2.05, 4.69) is 17.2 Å². The maximum Gasteiger partial charge on any atom is 0.406 e. The van der Waals surface area contributed by atoms with Gasteiger partial charge in [0, 0.05) is 43.4 Å². The number of fused-ring (bicyclic) bond motifs is 1. The molecule has 0 bridgehead atoms. The van der Waals surface area contributed by atoms with Crippen molar-refractivity contribution in [1.82, 2.24) is 15.5 Å². The Morgan fingerprint density at radius 3 is 2.41 bits per heavy atom. The molecule has 0 spiro atoms. The van der Waals surface area contributed by atoms with Crippen LogP contribution in [0.5, 0.6) is 11.5 Å². The fraction of sp³-hybridized carbons (Fsp3) is 0.429. The zero-order chi connectivity index (χ0) is 25.2. The van der Waals surface area contributed by atoms with Crippen LogP contribution in [0.1, 0.15) is 0 Å². The van der Waals surface area contributed by atoms with E-state index in [0.717, 1.165) is 26.4 Å². The molecule has 2 aliphatic rings. The van der Waals surface area contributed by atoms with Crippen LogP contribution in [-0.2, 0) is 4.79 Å². The van der Waals surface area contributed by atoms with Crippen molar-refractivity contribution in [3.8, 4) is 11.5 Å². The molecule has 2 unspecified atom stereocenters. The zero-order valence-corrected chi connectivity index (χ0v) is 18.3. The van der Waals surface area contributed by atoms with Crippen LogP contribution in [0.2, 0.25) is 0 Å². The SMILES string of the molecule is C=CC(=O)NCC1C=C2C(CN1)CN(c1c(F)c(OC)cc(OC)c1F)C(=O)N2CC(F)(F)F. The summed E-state index contributed by atoms with van der Waals surface area (Å²) in [6.45, 7) is 1.47. The van der Waals surface area contributed by atoms with Gasteiger partial charge in [0.2, 0.25) is 5.91 Å². The van der Waals surface area contributed by atoms with E-state index in [1.165, 1.54) is 6.08 Å². The van der Waals surface area contributed by atoms with E-state index < -0.39 is 65.4 Å². The first-order valence-electron chi connectivity index (χ1n) is 10.1. The summed E-state index contributed by atoms with van der Waals surface area (Å²) in [5.41, 5.74) is -0.821. The summed E-state index contributed by atoms with van der Waals surface area (Å²) in [5, 5.41) is 5.55. The number of rotatable bonds is 7. The topological polar surface area (TPSA) is 83.1 Å². The van der Waals surface area contributed by atoms with Gasteiger partial charge in [-0.1, -0.05) is 6.58 Å². The third-order valence-corrected chi connectivity index (χ3v) is 5.43. The molecule has 13 heteroatoms. The van der Waals surface area contributed by atoms with Gasteiger partial charge >= 0.3 is 12.2 Å². The van der Waals surface area contributed by atoms with Gasteiger partial charge in [0.15, 0.2) is 23.1 Å². The van der Waals surface area contributed by atoms with Crippen molar-refractivity contribution in [2.24, 2.45) is 5.92 Å². The summed E-state index contributed by atoms with van der Waals surface area (Å²) >= 11 is 0. The molecule has 2 atom stereocenters. The fourth-order valence-corrected chi connectivity index (χ4v) is 3.87. The van der Waals surface area contributed by atoms with Gasteiger partial charge in [0.25, 0.3) is 0 Å². The molecule has 1 aromatic rings. The first-order chi connectivity index (χ1) is 16.0. The molecule has 0 radical (unpaired) electrons. The lowest BCUT2D eigenvalue weighted by atomic mass is 9.94. The lowest BCUT2D eigenvalue weighted by molar-refractivity contribution is -0.138. The Morgan fingerprint density at radius 2 is 1.88 bits per heavy atom. The number of carbonyl (C=O) groups excluding carboxylic acids is 2. The van der Waals surface area contributed by atoms with Gasteiger partial charge in [-0.3, -0.25) is 14.6 Å². The number of amides is 3. The Bertz CT molecular complexity index is 986. The summed E-state index contributed by atoms with van der Waals surface area (Å²) in [7, 11) is 2.23. The molecule has 0 aromatic heterocycles. The van der Waals surface area contributed by atoms with E-state index in [1.54, 1.807) is 0 Å². The molecule has 1 saturated heterocycles. The van der Waals surface area contributed by atoms with E-state index in [9.17, 15) is 22.8 Å². The smallest absolute Gasteiger partial charge is 0.406 e. The number of hydrogen-bond donors (Lipinski definition) is 2. The number of halogens is 5. The van der Waals surface area contributed by atoms with Gasteiger partial charge in [-0.15, -0.1) is 0 Å². The molecule has 3 rings (SSSR count). The maximum atomic E-state index is 15.0. The quantitative estimate of drug-likeness (QED) is 0.454. The van der Waals surface area contributed by atoms with Crippen LogP contribution in [0.3, 0.4) is 0 Å². The van der Waals surface area contributed by atoms with Gasteiger partial charge in [-0.25, -0.2) is 13.6 Å². The summed E-state index contributed by atoms with van der Waals surface area (Å²) in [5.74, 6) is -4.57. The van der Waals surface area contributed by atoms with E-state index in [-0.39, 0.29) is 25.3 Å². The lowest BCUT2D eigenvalue weighted by Gasteiger charge is -2.45. The molecular weight excluding hydrogens is 467 g/mol. The predicted octanol–water partition coefficient (Wildman–Crippen LogP) is 2.56. The van der Waals surface area contributed by atoms with E-state index in [1.807, 2.05) is 0 Å². The van der Waals surface area contributed by atoms with Gasteiger partial charge in [-0.05, 0) is 12.2 Å². The number of nitrogens with zero attached hydrogens (tertiary/aromatic N) is 2. The number of alkyl halides is 3. The number of ether oxygens (including phenoxy) is 2. The minimum Gasteiger partial charge on any atom is -0.493 e. The molecule has 0 saturated carbocycles. The molecule has 8 nitrogen and oxygen atoms in total. The third kappa shape index (κ3) is 5.08. The van der Waals surface area contributed by atoms with Crippen molar-refractivity contribution in [2.45, 2.75) is 12.2 Å². The van der Waals surface area contributed by atoms with E-state index >= 15 is 8.78 Å². The van der Waals surface area contributed by atoms with E-state index in [0.29, 0.717) is 9.80 Å². The van der Waals surface area contributed by atoms with Gasteiger partial charge in [-0.2, -0.15) is 13.2 Å². The van der Waals surface area contributed by atoms with Crippen molar-refractivity contribution in [1.29, 1.82) is 0 Å². The molecule has 3 amide bonds. The minimum atomic E-state index is -4.79. The average molecular weight is 490 g/mol. The average Bonchev–Trinajstić information content (AvgIpc) is 2.79. The number of urea groups is 1. The first kappa shape index (κ1) is 25.3. The van der Waals surface area contributed by atoms with Crippen molar-refractivity contribution in [3.05, 3.63) is 42.1 Å². The van der Waals surface area contributed by atoms with Gasteiger partial charge in [0.05, 0.1) is 14.2 Å². The third-order valence-electron chi connectivity index (χ3n) is 5.43. The Hall–Kier alpha value is -3.35. The van der Waals surface area contributed by atoms with Gasteiger partial charge < -0.3 is 20.1 Å².